The first kappa shape index (κ1) is 11.0. The molecule has 0 aliphatic heterocycles. The molecule has 68 valence electrons. The first-order chi connectivity index (χ1) is 5.72. The zero-order valence-electron chi connectivity index (χ0n) is 7.80. The second-order valence-electron chi connectivity index (χ2n) is 2.95. The third-order valence-corrected chi connectivity index (χ3v) is 1.55. The summed E-state index contributed by atoms with van der Waals surface area (Å²) < 4.78 is 0. The molecule has 0 saturated heterocycles. The maximum Gasteiger partial charge on any atom is 0.0930 e. The van der Waals surface area contributed by atoms with Crippen LogP contribution in [0.4, 0.5) is 0 Å². The van der Waals surface area contributed by atoms with Crippen LogP contribution in [0.15, 0.2) is 11.8 Å². The second-order valence-corrected chi connectivity index (χ2v) is 2.95. The molecule has 12 heavy (non-hydrogen) atoms. The highest BCUT2D eigenvalue weighted by Gasteiger charge is 2.00. The number of nitriles is 1. The molecule has 0 aliphatic rings. The van der Waals surface area contributed by atoms with Gasteiger partial charge in [-0.15, -0.1) is 0 Å². The van der Waals surface area contributed by atoms with E-state index in [1.807, 2.05) is 6.07 Å². The fraction of sp³-hybridized carbons (Fsp3) is 0.667. The first-order valence-corrected chi connectivity index (χ1v) is 4.26. The fourth-order valence-electron chi connectivity index (χ4n) is 0.826. The summed E-state index contributed by atoms with van der Waals surface area (Å²) in [6, 6.07) is 2.02. The Morgan fingerprint density at radius 1 is 1.67 bits per heavy atom. The Hall–Kier alpha value is -1.01. The van der Waals surface area contributed by atoms with Crippen molar-refractivity contribution in [2.45, 2.75) is 20.3 Å². The molecule has 0 aliphatic carbocycles. The Balaban J connectivity index is 3.83. The van der Waals surface area contributed by atoms with Gasteiger partial charge in [-0.1, -0.05) is 13.8 Å². The highest BCUT2D eigenvalue weighted by molar-refractivity contribution is 5.13. The largest absolute Gasteiger partial charge is 0.388 e. The SMILES string of the molecule is CC(C)/C(=C/C#N)NCCCN. The molecule has 0 bridgehead atoms. The van der Waals surface area contributed by atoms with Gasteiger partial charge in [0.25, 0.3) is 0 Å². The lowest BCUT2D eigenvalue weighted by Gasteiger charge is -2.12. The molecule has 0 heterocycles. The summed E-state index contributed by atoms with van der Waals surface area (Å²) >= 11 is 0. The van der Waals surface area contributed by atoms with E-state index in [9.17, 15) is 0 Å². The monoisotopic (exact) mass is 167 g/mol. The van der Waals surface area contributed by atoms with Gasteiger partial charge < -0.3 is 11.1 Å². The van der Waals surface area contributed by atoms with Crippen molar-refractivity contribution >= 4 is 0 Å². The molecular formula is C9H17N3. The van der Waals surface area contributed by atoms with Gasteiger partial charge in [-0.25, -0.2) is 0 Å². The van der Waals surface area contributed by atoms with Gasteiger partial charge in [0.15, 0.2) is 0 Å². The summed E-state index contributed by atoms with van der Waals surface area (Å²) in [6.07, 6.45) is 2.50. The highest BCUT2D eigenvalue weighted by atomic mass is 14.9. The smallest absolute Gasteiger partial charge is 0.0930 e. The highest BCUT2D eigenvalue weighted by Crippen LogP contribution is 2.04. The summed E-state index contributed by atoms with van der Waals surface area (Å²) in [5.41, 5.74) is 6.33. The van der Waals surface area contributed by atoms with Gasteiger partial charge in [-0.05, 0) is 18.9 Å². The Morgan fingerprint density at radius 3 is 2.75 bits per heavy atom. The van der Waals surface area contributed by atoms with Crippen LogP contribution in [0.25, 0.3) is 0 Å². The zero-order chi connectivity index (χ0) is 9.40. The molecule has 0 atom stereocenters. The molecule has 3 N–H and O–H groups in total. The van der Waals surface area contributed by atoms with Gasteiger partial charge in [-0.2, -0.15) is 5.26 Å². The number of allylic oxidation sites excluding steroid dienone is 2. The lowest BCUT2D eigenvalue weighted by molar-refractivity contribution is 0.635. The molecule has 0 unspecified atom stereocenters. The average molecular weight is 167 g/mol. The third-order valence-electron chi connectivity index (χ3n) is 1.55. The van der Waals surface area contributed by atoms with Crippen molar-refractivity contribution in [2.24, 2.45) is 11.7 Å². The van der Waals surface area contributed by atoms with Gasteiger partial charge in [0.05, 0.1) is 6.07 Å². The zero-order valence-corrected chi connectivity index (χ0v) is 7.80. The minimum atomic E-state index is 0.377. The number of nitrogens with two attached hydrogens (primary N) is 1. The Labute approximate surface area is 74.3 Å². The molecule has 0 saturated carbocycles. The Morgan fingerprint density at radius 2 is 2.33 bits per heavy atom. The van der Waals surface area contributed by atoms with Crippen LogP contribution in [0.5, 0.6) is 0 Å². The van der Waals surface area contributed by atoms with E-state index in [2.05, 4.69) is 19.2 Å². The van der Waals surface area contributed by atoms with Crippen LogP contribution in [-0.2, 0) is 0 Å². The van der Waals surface area contributed by atoms with Crippen LogP contribution in [0.3, 0.4) is 0 Å². The van der Waals surface area contributed by atoms with E-state index < -0.39 is 0 Å². The van der Waals surface area contributed by atoms with Crippen molar-refractivity contribution in [3.05, 3.63) is 11.8 Å². The van der Waals surface area contributed by atoms with E-state index in [0.717, 1.165) is 18.7 Å². The predicted molar refractivity (Wildman–Crippen MR) is 50.2 cm³/mol. The molecule has 0 amide bonds. The maximum absolute atomic E-state index is 8.45. The lowest BCUT2D eigenvalue weighted by atomic mass is 10.1. The molecule has 0 aromatic carbocycles. The van der Waals surface area contributed by atoms with Crippen LogP contribution >= 0.6 is 0 Å². The number of hydrogen-bond acceptors (Lipinski definition) is 3. The summed E-state index contributed by atoms with van der Waals surface area (Å²) in [4.78, 5) is 0. The molecule has 0 fully saturated rings. The predicted octanol–water partition coefficient (Wildman–Crippen LogP) is 0.988. The second kappa shape index (κ2) is 6.68. The molecular weight excluding hydrogens is 150 g/mol. The molecule has 0 radical (unpaired) electrons. The van der Waals surface area contributed by atoms with Crippen LogP contribution in [0.1, 0.15) is 20.3 Å². The van der Waals surface area contributed by atoms with E-state index in [4.69, 9.17) is 11.0 Å². The molecule has 3 nitrogen and oxygen atoms in total. The van der Waals surface area contributed by atoms with Crippen LogP contribution in [-0.4, -0.2) is 13.1 Å². The van der Waals surface area contributed by atoms with Gasteiger partial charge in [0, 0.05) is 18.3 Å². The van der Waals surface area contributed by atoms with Gasteiger partial charge in [-0.3, -0.25) is 0 Å². The van der Waals surface area contributed by atoms with Crippen LogP contribution < -0.4 is 11.1 Å². The van der Waals surface area contributed by atoms with E-state index >= 15 is 0 Å². The third kappa shape index (κ3) is 4.75. The van der Waals surface area contributed by atoms with Crippen molar-refractivity contribution in [3.8, 4) is 6.07 Å². The van der Waals surface area contributed by atoms with Gasteiger partial charge >= 0.3 is 0 Å². The van der Waals surface area contributed by atoms with Crippen LogP contribution in [0.2, 0.25) is 0 Å². The topological polar surface area (TPSA) is 61.8 Å². The van der Waals surface area contributed by atoms with Crippen molar-refractivity contribution in [3.63, 3.8) is 0 Å². The molecule has 0 aromatic rings. The summed E-state index contributed by atoms with van der Waals surface area (Å²) in [5.74, 6) is 0.377. The quantitative estimate of drug-likeness (QED) is 0.474. The standard InChI is InChI=1S/C9H17N3/c1-8(2)9(4-6-11)12-7-3-5-10/h4,8,12H,3,5,7,10H2,1-2H3/b9-4-. The summed E-state index contributed by atoms with van der Waals surface area (Å²) in [7, 11) is 0. The normalized spacial score (nSPS) is 11.4. The number of hydrogen-bond donors (Lipinski definition) is 2. The molecule has 3 heteroatoms. The number of rotatable bonds is 5. The number of nitrogens with one attached hydrogen (secondary N) is 1. The molecule has 0 rings (SSSR count). The average Bonchev–Trinajstić information content (AvgIpc) is 2.03. The Bertz CT molecular complexity index is 177. The molecule has 0 aromatic heterocycles. The first-order valence-electron chi connectivity index (χ1n) is 4.26. The van der Waals surface area contributed by atoms with Crippen molar-refractivity contribution in [1.29, 1.82) is 5.26 Å². The lowest BCUT2D eigenvalue weighted by Crippen LogP contribution is -2.20. The molecule has 0 spiro atoms. The van der Waals surface area contributed by atoms with Crippen molar-refractivity contribution in [2.75, 3.05) is 13.1 Å². The minimum Gasteiger partial charge on any atom is -0.388 e. The van der Waals surface area contributed by atoms with Crippen LogP contribution in [0, 0.1) is 17.2 Å². The summed E-state index contributed by atoms with van der Waals surface area (Å²) in [5, 5.41) is 11.6. The fourth-order valence-corrected chi connectivity index (χ4v) is 0.826. The summed E-state index contributed by atoms with van der Waals surface area (Å²) in [6.45, 7) is 5.64. The van der Waals surface area contributed by atoms with E-state index in [1.54, 1.807) is 6.08 Å². The maximum atomic E-state index is 8.45. The number of nitrogens with zero attached hydrogens (tertiary/aromatic N) is 1. The van der Waals surface area contributed by atoms with E-state index in [1.165, 1.54) is 0 Å². The van der Waals surface area contributed by atoms with Gasteiger partial charge in [0.1, 0.15) is 0 Å². The minimum absolute atomic E-state index is 0.377. The van der Waals surface area contributed by atoms with Crippen molar-refractivity contribution in [1.82, 2.24) is 5.32 Å². The van der Waals surface area contributed by atoms with Crippen molar-refractivity contribution < 1.29 is 0 Å². The van der Waals surface area contributed by atoms with E-state index in [0.29, 0.717) is 12.5 Å². The Kier molecular flexibility index (Phi) is 6.12. The van der Waals surface area contributed by atoms with Gasteiger partial charge in [0.2, 0.25) is 0 Å². The van der Waals surface area contributed by atoms with E-state index in [-0.39, 0.29) is 0 Å².